The van der Waals surface area contributed by atoms with Crippen molar-refractivity contribution >= 4 is 17.4 Å². The summed E-state index contributed by atoms with van der Waals surface area (Å²) in [6.07, 6.45) is 2.78. The number of rotatable bonds is 1. The number of halogens is 1. The van der Waals surface area contributed by atoms with Crippen LogP contribution in [0.25, 0.3) is 0 Å². The summed E-state index contributed by atoms with van der Waals surface area (Å²) in [4.78, 5) is 11.4. The molecule has 68 valence electrons. The molecule has 0 amide bonds. The molecule has 0 radical (unpaired) electrons. The molecule has 0 bridgehead atoms. The van der Waals surface area contributed by atoms with Gasteiger partial charge in [-0.3, -0.25) is 4.79 Å². The molecule has 0 spiro atoms. The average Bonchev–Trinajstić information content (AvgIpc) is 2.53. The molecule has 0 aromatic heterocycles. The lowest BCUT2D eigenvalue weighted by atomic mass is 9.97. The Labute approximate surface area is 82.7 Å². The quantitative estimate of drug-likeness (QED) is 0.671. The van der Waals surface area contributed by atoms with E-state index >= 15 is 0 Å². The normalized spacial score (nSPS) is 22.2. The van der Waals surface area contributed by atoms with Crippen LogP contribution in [0.1, 0.15) is 30.7 Å². The Bertz CT molecular complexity index is 315. The summed E-state index contributed by atoms with van der Waals surface area (Å²) in [5, 5.41) is 0.731. The highest BCUT2D eigenvalue weighted by Gasteiger charge is 2.25. The first-order valence-corrected chi connectivity index (χ1v) is 4.93. The summed E-state index contributed by atoms with van der Waals surface area (Å²) in [6, 6.07) is 7.61. The van der Waals surface area contributed by atoms with E-state index in [-0.39, 0.29) is 5.92 Å². The van der Waals surface area contributed by atoms with Crippen LogP contribution >= 0.6 is 11.6 Å². The zero-order chi connectivity index (χ0) is 9.26. The third-order valence-corrected chi connectivity index (χ3v) is 2.83. The fourth-order valence-corrected chi connectivity index (χ4v) is 1.99. The van der Waals surface area contributed by atoms with Gasteiger partial charge in [0, 0.05) is 17.4 Å². The SMILES string of the molecule is O=C1CCC[C@H]1c1ccc(Cl)cc1. The minimum absolute atomic E-state index is 0.136. The highest BCUT2D eigenvalue weighted by atomic mass is 35.5. The maximum atomic E-state index is 11.4. The first kappa shape index (κ1) is 8.76. The van der Waals surface area contributed by atoms with Crippen LogP contribution in [0.15, 0.2) is 24.3 Å². The Morgan fingerprint density at radius 2 is 1.92 bits per heavy atom. The van der Waals surface area contributed by atoms with Crippen molar-refractivity contribution < 1.29 is 4.79 Å². The highest BCUT2D eigenvalue weighted by Crippen LogP contribution is 2.31. The summed E-state index contributed by atoms with van der Waals surface area (Å²) >= 11 is 5.77. The monoisotopic (exact) mass is 194 g/mol. The molecule has 0 saturated heterocycles. The Morgan fingerprint density at radius 3 is 2.46 bits per heavy atom. The van der Waals surface area contributed by atoms with E-state index in [1.165, 1.54) is 0 Å². The Balaban J connectivity index is 2.25. The molecule has 1 saturated carbocycles. The summed E-state index contributed by atoms with van der Waals surface area (Å²) in [6.45, 7) is 0. The van der Waals surface area contributed by atoms with Crippen molar-refractivity contribution in [2.75, 3.05) is 0 Å². The molecule has 1 nitrogen and oxygen atoms in total. The molecule has 1 aromatic carbocycles. The van der Waals surface area contributed by atoms with Crippen molar-refractivity contribution in [1.82, 2.24) is 0 Å². The number of carbonyl (C=O) groups excluding carboxylic acids is 1. The van der Waals surface area contributed by atoms with Gasteiger partial charge in [0.05, 0.1) is 0 Å². The summed E-state index contributed by atoms with van der Waals surface area (Å²) in [5.41, 5.74) is 1.12. The van der Waals surface area contributed by atoms with E-state index in [0.29, 0.717) is 5.78 Å². The third kappa shape index (κ3) is 1.75. The molecule has 1 atom stereocenters. The van der Waals surface area contributed by atoms with Gasteiger partial charge < -0.3 is 0 Å². The topological polar surface area (TPSA) is 17.1 Å². The van der Waals surface area contributed by atoms with Gasteiger partial charge >= 0.3 is 0 Å². The van der Waals surface area contributed by atoms with E-state index in [0.717, 1.165) is 29.8 Å². The van der Waals surface area contributed by atoms with Crippen molar-refractivity contribution in [2.24, 2.45) is 0 Å². The van der Waals surface area contributed by atoms with Gasteiger partial charge in [-0.25, -0.2) is 0 Å². The lowest BCUT2D eigenvalue weighted by Gasteiger charge is -2.07. The fraction of sp³-hybridized carbons (Fsp3) is 0.364. The van der Waals surface area contributed by atoms with Gasteiger partial charge in [-0.1, -0.05) is 23.7 Å². The van der Waals surface area contributed by atoms with E-state index in [4.69, 9.17) is 11.6 Å². The maximum Gasteiger partial charge on any atom is 0.140 e. The van der Waals surface area contributed by atoms with Crippen LogP contribution in [0.3, 0.4) is 0 Å². The van der Waals surface area contributed by atoms with E-state index < -0.39 is 0 Å². The molecule has 1 aliphatic rings. The first-order chi connectivity index (χ1) is 6.27. The summed E-state index contributed by atoms with van der Waals surface area (Å²) in [5.74, 6) is 0.514. The van der Waals surface area contributed by atoms with Crippen LogP contribution in [-0.2, 0) is 4.79 Å². The largest absolute Gasteiger partial charge is 0.299 e. The van der Waals surface area contributed by atoms with Crippen LogP contribution in [-0.4, -0.2) is 5.78 Å². The van der Waals surface area contributed by atoms with Crippen LogP contribution in [0, 0.1) is 0 Å². The number of hydrogen-bond acceptors (Lipinski definition) is 1. The van der Waals surface area contributed by atoms with Gasteiger partial charge in [-0.15, -0.1) is 0 Å². The molecule has 1 fully saturated rings. The predicted octanol–water partition coefficient (Wildman–Crippen LogP) is 3.18. The smallest absolute Gasteiger partial charge is 0.140 e. The van der Waals surface area contributed by atoms with Crippen LogP contribution in [0.4, 0.5) is 0 Å². The van der Waals surface area contributed by atoms with Gasteiger partial charge in [0.25, 0.3) is 0 Å². The second-order valence-corrected chi connectivity index (χ2v) is 3.90. The Morgan fingerprint density at radius 1 is 1.23 bits per heavy atom. The molecule has 0 unspecified atom stereocenters. The second kappa shape index (κ2) is 3.51. The molecule has 1 aliphatic carbocycles. The first-order valence-electron chi connectivity index (χ1n) is 4.55. The number of Topliss-reactive ketones (excluding diaryl/α,β-unsaturated/α-hetero) is 1. The second-order valence-electron chi connectivity index (χ2n) is 3.46. The molecule has 2 heteroatoms. The van der Waals surface area contributed by atoms with Crippen LogP contribution in [0.5, 0.6) is 0 Å². The predicted molar refractivity (Wildman–Crippen MR) is 53.1 cm³/mol. The summed E-state index contributed by atoms with van der Waals surface area (Å²) < 4.78 is 0. The number of ketones is 1. The maximum absolute atomic E-state index is 11.4. The van der Waals surface area contributed by atoms with Crippen molar-refractivity contribution in [1.29, 1.82) is 0 Å². The van der Waals surface area contributed by atoms with Gasteiger partial charge in [-0.05, 0) is 30.5 Å². The molecule has 0 heterocycles. The van der Waals surface area contributed by atoms with Crippen molar-refractivity contribution in [3.8, 4) is 0 Å². The van der Waals surface area contributed by atoms with Crippen LogP contribution in [0.2, 0.25) is 5.02 Å². The standard InChI is InChI=1S/C11H11ClO/c12-9-6-4-8(5-7-9)10-2-1-3-11(10)13/h4-7,10H,1-3H2/t10-/m0/s1. The molecule has 13 heavy (non-hydrogen) atoms. The summed E-state index contributed by atoms with van der Waals surface area (Å²) in [7, 11) is 0. The minimum atomic E-state index is 0.136. The number of carbonyl (C=O) groups is 1. The van der Waals surface area contributed by atoms with Crippen molar-refractivity contribution in [3.05, 3.63) is 34.9 Å². The van der Waals surface area contributed by atoms with E-state index in [1.807, 2.05) is 24.3 Å². The average molecular weight is 195 g/mol. The van der Waals surface area contributed by atoms with E-state index in [2.05, 4.69) is 0 Å². The Kier molecular flexibility index (Phi) is 2.36. The Hall–Kier alpha value is -0.820. The lowest BCUT2D eigenvalue weighted by molar-refractivity contribution is -0.118. The van der Waals surface area contributed by atoms with Gasteiger partial charge in [0.15, 0.2) is 0 Å². The van der Waals surface area contributed by atoms with Gasteiger partial charge in [0.1, 0.15) is 5.78 Å². The van der Waals surface area contributed by atoms with E-state index in [1.54, 1.807) is 0 Å². The van der Waals surface area contributed by atoms with Crippen LogP contribution < -0.4 is 0 Å². The fourth-order valence-electron chi connectivity index (χ4n) is 1.86. The third-order valence-electron chi connectivity index (χ3n) is 2.58. The highest BCUT2D eigenvalue weighted by molar-refractivity contribution is 6.30. The zero-order valence-corrected chi connectivity index (χ0v) is 8.05. The van der Waals surface area contributed by atoms with Crippen molar-refractivity contribution in [2.45, 2.75) is 25.2 Å². The molecular formula is C11H11ClO. The molecule has 1 aromatic rings. The van der Waals surface area contributed by atoms with Gasteiger partial charge in [0.2, 0.25) is 0 Å². The minimum Gasteiger partial charge on any atom is -0.299 e. The zero-order valence-electron chi connectivity index (χ0n) is 7.29. The van der Waals surface area contributed by atoms with Crippen molar-refractivity contribution in [3.63, 3.8) is 0 Å². The van der Waals surface area contributed by atoms with Gasteiger partial charge in [-0.2, -0.15) is 0 Å². The van der Waals surface area contributed by atoms with E-state index in [9.17, 15) is 4.79 Å². The molecule has 0 aliphatic heterocycles. The number of benzene rings is 1. The molecule has 2 rings (SSSR count). The molecular weight excluding hydrogens is 184 g/mol. The lowest BCUT2D eigenvalue weighted by Crippen LogP contribution is -2.03. The number of hydrogen-bond donors (Lipinski definition) is 0. The molecule has 0 N–H and O–H groups in total.